The highest BCUT2D eigenvalue weighted by atomic mass is 79.9. The molecular formula is C14H26BrNO5Si. The number of imide groups is 1. The van der Waals surface area contributed by atoms with Crippen LogP contribution in [-0.2, 0) is 23.8 Å². The van der Waals surface area contributed by atoms with Crippen LogP contribution in [0, 0.1) is 11.3 Å². The van der Waals surface area contributed by atoms with E-state index in [9.17, 15) is 9.59 Å². The predicted octanol–water partition coefficient (Wildman–Crippen LogP) is 0.227. The van der Waals surface area contributed by atoms with Crippen molar-refractivity contribution in [3.8, 4) is 0 Å². The number of hydrogen-bond donors (Lipinski definition) is 1. The molecule has 128 valence electrons. The Labute approximate surface area is 143 Å². The minimum Gasteiger partial charge on any atom is -0.376 e. The van der Waals surface area contributed by atoms with Crippen LogP contribution < -0.4 is 5.32 Å². The van der Waals surface area contributed by atoms with Crippen LogP contribution in [0.15, 0.2) is 0 Å². The van der Waals surface area contributed by atoms with E-state index in [1.54, 1.807) is 7.11 Å². The molecule has 0 aromatic carbocycles. The van der Waals surface area contributed by atoms with E-state index in [1.807, 2.05) is 20.8 Å². The van der Waals surface area contributed by atoms with Crippen LogP contribution in [0.25, 0.3) is 0 Å². The lowest BCUT2D eigenvalue weighted by molar-refractivity contribution is -0.279. The second-order valence-corrected chi connectivity index (χ2v) is 8.60. The molecule has 0 radical (unpaired) electrons. The van der Waals surface area contributed by atoms with E-state index in [0.717, 1.165) is 10.2 Å². The van der Waals surface area contributed by atoms with Crippen molar-refractivity contribution < 1.29 is 23.8 Å². The number of carbonyl (C=O) groups excluding carboxylic acids is 2. The molecule has 0 spiro atoms. The average Bonchev–Trinajstić information content (AvgIpc) is 2.66. The number of carbonyl (C=O) groups is 2. The number of amides is 2. The van der Waals surface area contributed by atoms with Gasteiger partial charge in [-0.05, 0) is 11.5 Å². The number of rotatable bonds is 6. The van der Waals surface area contributed by atoms with Crippen molar-refractivity contribution in [1.82, 2.24) is 5.32 Å². The minimum atomic E-state index is -1.41. The standard InChI is InChI=1S/C14H26BrNO5Si/c1-12(2,3)9-10(17)16-11(18)13(9,15)14(20-5,21-6)8(7-22)19-4/h8-9H,7H2,1-6,22H3,(H,16,17,18). The lowest BCUT2D eigenvalue weighted by Gasteiger charge is -2.49. The van der Waals surface area contributed by atoms with Crippen molar-refractivity contribution >= 4 is 38.0 Å². The van der Waals surface area contributed by atoms with Crippen LogP contribution in [-0.4, -0.2) is 59.6 Å². The Morgan fingerprint density at radius 2 is 1.77 bits per heavy atom. The van der Waals surface area contributed by atoms with Crippen LogP contribution in [0.1, 0.15) is 20.8 Å². The van der Waals surface area contributed by atoms with E-state index in [-0.39, 0.29) is 5.91 Å². The second-order valence-electron chi connectivity index (χ2n) is 6.54. The summed E-state index contributed by atoms with van der Waals surface area (Å²) in [6, 6.07) is 0.684. The van der Waals surface area contributed by atoms with Crippen molar-refractivity contribution in [3.05, 3.63) is 0 Å². The van der Waals surface area contributed by atoms with E-state index in [2.05, 4.69) is 21.2 Å². The zero-order valence-corrected chi connectivity index (χ0v) is 17.9. The van der Waals surface area contributed by atoms with Crippen LogP contribution >= 0.6 is 15.9 Å². The van der Waals surface area contributed by atoms with E-state index in [1.165, 1.54) is 14.2 Å². The van der Waals surface area contributed by atoms with Crippen molar-refractivity contribution in [2.45, 2.75) is 43.0 Å². The molecule has 1 rings (SSSR count). The molecule has 0 bridgehead atoms. The Morgan fingerprint density at radius 3 is 2.09 bits per heavy atom. The van der Waals surface area contributed by atoms with Crippen LogP contribution in [0.4, 0.5) is 0 Å². The summed E-state index contributed by atoms with van der Waals surface area (Å²) in [4.78, 5) is 25.1. The van der Waals surface area contributed by atoms with Gasteiger partial charge in [0, 0.05) is 31.6 Å². The molecule has 3 atom stereocenters. The zero-order valence-electron chi connectivity index (χ0n) is 14.3. The molecule has 0 aromatic rings. The molecular weight excluding hydrogens is 370 g/mol. The Balaban J connectivity index is 3.60. The smallest absolute Gasteiger partial charge is 0.249 e. The molecule has 2 amide bonds. The summed E-state index contributed by atoms with van der Waals surface area (Å²) in [5.74, 6) is -2.87. The Kier molecular flexibility index (Phi) is 6.00. The van der Waals surface area contributed by atoms with Gasteiger partial charge in [-0.1, -0.05) is 36.7 Å². The van der Waals surface area contributed by atoms with Crippen molar-refractivity contribution in [1.29, 1.82) is 0 Å². The summed E-state index contributed by atoms with van der Waals surface area (Å²) in [5.41, 5.74) is -0.481. The summed E-state index contributed by atoms with van der Waals surface area (Å²) < 4.78 is 15.5. The largest absolute Gasteiger partial charge is 0.376 e. The van der Waals surface area contributed by atoms with Crippen molar-refractivity contribution in [3.63, 3.8) is 0 Å². The summed E-state index contributed by atoms with van der Waals surface area (Å²) >= 11 is 3.53. The minimum absolute atomic E-state index is 0.337. The lowest BCUT2D eigenvalue weighted by atomic mass is 9.70. The molecule has 3 unspecified atom stereocenters. The van der Waals surface area contributed by atoms with Gasteiger partial charge >= 0.3 is 0 Å². The zero-order chi connectivity index (χ0) is 17.3. The first-order chi connectivity index (χ1) is 10.1. The van der Waals surface area contributed by atoms with E-state index >= 15 is 0 Å². The highest BCUT2D eigenvalue weighted by Gasteiger charge is 2.71. The number of nitrogens with one attached hydrogen (secondary N) is 1. The van der Waals surface area contributed by atoms with Crippen molar-refractivity contribution in [2.75, 3.05) is 21.3 Å². The highest BCUT2D eigenvalue weighted by Crippen LogP contribution is 2.53. The fourth-order valence-corrected chi connectivity index (χ4v) is 5.85. The maximum atomic E-state index is 12.7. The molecule has 0 saturated carbocycles. The van der Waals surface area contributed by atoms with Gasteiger partial charge in [-0.3, -0.25) is 14.9 Å². The SMILES string of the molecule is COC(C[SiH3])C(OC)(OC)C1(Br)C(=O)NC(=O)C1C(C)(C)C. The summed E-state index contributed by atoms with van der Waals surface area (Å²) in [6.07, 6.45) is -0.477. The first-order valence-electron chi connectivity index (χ1n) is 7.24. The molecule has 1 N–H and O–H groups in total. The van der Waals surface area contributed by atoms with Crippen molar-refractivity contribution in [2.24, 2.45) is 11.3 Å². The van der Waals surface area contributed by atoms with Gasteiger partial charge in [0.05, 0.1) is 5.92 Å². The molecule has 22 heavy (non-hydrogen) atoms. The molecule has 1 saturated heterocycles. The molecule has 6 nitrogen and oxygen atoms in total. The molecule has 8 heteroatoms. The van der Waals surface area contributed by atoms with E-state index in [4.69, 9.17) is 14.2 Å². The Bertz CT molecular complexity index is 445. The molecule has 0 aromatic heterocycles. The van der Waals surface area contributed by atoms with Gasteiger partial charge in [-0.25, -0.2) is 0 Å². The fraction of sp³-hybridized carbons (Fsp3) is 0.857. The molecule has 1 heterocycles. The first kappa shape index (κ1) is 19.8. The number of ether oxygens (including phenoxy) is 3. The van der Waals surface area contributed by atoms with Crippen LogP contribution in [0.3, 0.4) is 0 Å². The molecule has 1 fully saturated rings. The number of methoxy groups -OCH3 is 3. The normalized spacial score (nSPS) is 28.0. The van der Waals surface area contributed by atoms with Crippen LogP contribution in [0.5, 0.6) is 0 Å². The third kappa shape index (κ3) is 2.69. The third-order valence-electron chi connectivity index (χ3n) is 4.29. The van der Waals surface area contributed by atoms with E-state index < -0.39 is 33.5 Å². The van der Waals surface area contributed by atoms with Gasteiger partial charge in [0.1, 0.15) is 6.10 Å². The van der Waals surface area contributed by atoms with Gasteiger partial charge < -0.3 is 14.2 Å². The first-order valence-corrected chi connectivity index (χ1v) is 9.44. The fourth-order valence-electron chi connectivity index (χ4n) is 3.40. The average molecular weight is 396 g/mol. The monoisotopic (exact) mass is 395 g/mol. The van der Waals surface area contributed by atoms with E-state index in [0.29, 0.717) is 6.04 Å². The van der Waals surface area contributed by atoms with Gasteiger partial charge in [0.25, 0.3) is 0 Å². The molecule has 1 aliphatic rings. The topological polar surface area (TPSA) is 73.9 Å². The maximum absolute atomic E-state index is 12.7. The number of halogens is 1. The van der Waals surface area contributed by atoms with Crippen LogP contribution in [0.2, 0.25) is 6.04 Å². The Morgan fingerprint density at radius 1 is 1.27 bits per heavy atom. The summed E-state index contributed by atoms with van der Waals surface area (Å²) in [6.45, 7) is 5.72. The second kappa shape index (κ2) is 6.68. The van der Waals surface area contributed by atoms with Gasteiger partial charge in [-0.2, -0.15) is 0 Å². The number of hydrogen-bond acceptors (Lipinski definition) is 5. The summed E-state index contributed by atoms with van der Waals surface area (Å²) in [7, 11) is 5.30. The molecule has 0 aliphatic carbocycles. The highest BCUT2D eigenvalue weighted by molar-refractivity contribution is 9.10. The van der Waals surface area contributed by atoms with Gasteiger partial charge in [0.2, 0.25) is 17.6 Å². The third-order valence-corrected chi connectivity index (χ3v) is 6.40. The van der Waals surface area contributed by atoms with Gasteiger partial charge in [0.15, 0.2) is 4.32 Å². The maximum Gasteiger partial charge on any atom is 0.249 e. The quantitative estimate of drug-likeness (QED) is 0.301. The predicted molar refractivity (Wildman–Crippen MR) is 90.0 cm³/mol. The number of alkyl halides is 1. The summed E-state index contributed by atoms with van der Waals surface area (Å²) in [5, 5.41) is 2.41. The Hall–Kier alpha value is -0.283. The molecule has 1 aliphatic heterocycles. The van der Waals surface area contributed by atoms with Gasteiger partial charge in [-0.15, -0.1) is 0 Å². The lowest BCUT2D eigenvalue weighted by Crippen LogP contribution is -2.67.